The topological polar surface area (TPSA) is 489 Å². The fourth-order valence-corrected chi connectivity index (χ4v) is 4.04. The van der Waals surface area contributed by atoms with Crippen LogP contribution < -0.4 is 45.9 Å². The fourth-order valence-electron chi connectivity index (χ4n) is 3.55. The molecule has 1 aromatic carbocycles. The molecule has 24 N–H and O–H groups in total. The highest BCUT2D eigenvalue weighted by Gasteiger charge is 2.18. The van der Waals surface area contributed by atoms with E-state index >= 15 is 0 Å². The van der Waals surface area contributed by atoms with Crippen LogP contribution in [0.2, 0.25) is 0 Å². The van der Waals surface area contributed by atoms with Crippen molar-refractivity contribution in [3.05, 3.63) is 35.9 Å². The summed E-state index contributed by atoms with van der Waals surface area (Å²) in [5.74, 6) is -5.48. The number of thioether (sulfide) groups is 1. The first kappa shape index (κ1) is 72.1. The van der Waals surface area contributed by atoms with E-state index in [0.29, 0.717) is 38.1 Å². The van der Waals surface area contributed by atoms with E-state index in [1.165, 1.54) is 6.92 Å². The predicted octanol–water partition coefficient (Wildman–Crippen LogP) is 0.0419. The van der Waals surface area contributed by atoms with Crippen LogP contribution in [0.5, 0.6) is 0 Å². The van der Waals surface area contributed by atoms with E-state index in [1.54, 1.807) is 25.6 Å². The number of benzene rings is 1. The molecular formula is C41H82N8O15S. The minimum atomic E-state index is -1.18. The quantitative estimate of drug-likeness (QED) is 0.0682. The summed E-state index contributed by atoms with van der Waals surface area (Å²) < 4.78 is 0. The number of hydrogen-bond acceptors (Lipinski definition) is 17. The van der Waals surface area contributed by atoms with E-state index in [2.05, 4.69) is 0 Å². The van der Waals surface area contributed by atoms with Crippen molar-refractivity contribution in [3.63, 3.8) is 0 Å². The Bertz CT molecular complexity index is 1390. The normalized spacial score (nSPS) is 14.2. The van der Waals surface area contributed by atoms with Gasteiger partial charge in [-0.3, -0.25) is 33.6 Å². The molecule has 0 saturated carbocycles. The van der Waals surface area contributed by atoms with Gasteiger partial charge in [0, 0.05) is 0 Å². The van der Waals surface area contributed by atoms with Gasteiger partial charge in [0.25, 0.3) is 0 Å². The third-order valence-corrected chi connectivity index (χ3v) is 8.89. The SMILES string of the molecule is CC(C)C(N)C(=O)O.CC(C)CC(N)C(=O)O.CC(O)C(N)C(=O)O.CCC(C)C(N)C(=O)O.CSCCC(N)C(=O)O.NC(Cc1ccccc1)C(=O)O.NCCCCC(N)C(=O)O. The summed E-state index contributed by atoms with van der Waals surface area (Å²) in [6.07, 6.45) is 5.41. The van der Waals surface area contributed by atoms with Crippen LogP contribution in [0.1, 0.15) is 92.6 Å². The van der Waals surface area contributed by atoms with Crippen molar-refractivity contribution in [2.45, 2.75) is 142 Å². The first-order valence-corrected chi connectivity index (χ1v) is 22.0. The average molecular weight is 959 g/mol. The second-order valence-corrected chi connectivity index (χ2v) is 16.1. The van der Waals surface area contributed by atoms with Crippen LogP contribution in [0, 0.1) is 17.8 Å². The maximum absolute atomic E-state index is 10.4. The number of aliphatic hydroxyl groups is 1. The maximum Gasteiger partial charge on any atom is 0.323 e. The summed E-state index contributed by atoms with van der Waals surface area (Å²) in [4.78, 5) is 70.7. The maximum atomic E-state index is 10.4. The Morgan fingerprint density at radius 1 is 0.554 bits per heavy atom. The third kappa shape index (κ3) is 50.4. The standard InChI is InChI=1S/C9H11NO2.C6H14N2O2.2C6H13NO2.C5H11NO2S.C5H11NO2.C4H9NO3/c10-8(9(11)12)6-7-4-2-1-3-5-7;7-4-2-1-3-5(8)6(9)10;1-4(2)3-5(7)6(8)9;1-3-4(2)5(7)6(8)9;1-9-3-2-4(6)5(7)8;1-3(2)4(6)5(7)8;1-2(6)3(5)4(7)8/h1-5,8H,6,10H2,(H,11,12);5H,1-4,7-8H2,(H,9,10);2*4-5H,3,7H2,1-2H3,(H,8,9);4H,2-3,6H2,1H3,(H,7,8);3-4H,6H2,1-2H3,(H,7,8);2-3,6H,5H2,1H3,(H,7,8). The van der Waals surface area contributed by atoms with Gasteiger partial charge in [0.1, 0.15) is 42.3 Å². The summed E-state index contributed by atoms with van der Waals surface area (Å²) in [5, 5.41) is 66.6. The van der Waals surface area contributed by atoms with Gasteiger partial charge in [-0.05, 0) is 80.9 Å². The molecule has 0 aliphatic rings. The van der Waals surface area contributed by atoms with E-state index in [4.69, 9.17) is 86.7 Å². The van der Waals surface area contributed by atoms with E-state index in [9.17, 15) is 33.6 Å². The summed E-state index contributed by atoms with van der Waals surface area (Å²) >= 11 is 1.60. The molecule has 0 aliphatic carbocycles. The smallest absolute Gasteiger partial charge is 0.323 e. The molecule has 23 nitrogen and oxygen atoms in total. The first-order valence-electron chi connectivity index (χ1n) is 20.6. The highest BCUT2D eigenvalue weighted by molar-refractivity contribution is 7.98. The van der Waals surface area contributed by atoms with Gasteiger partial charge in [-0.15, -0.1) is 0 Å². The number of carboxylic acid groups (broad SMARTS) is 7. The molecule has 382 valence electrons. The molecule has 0 heterocycles. The number of carboxylic acids is 7. The molecule has 0 spiro atoms. The van der Waals surface area contributed by atoms with Gasteiger partial charge in [-0.1, -0.05) is 84.7 Å². The van der Waals surface area contributed by atoms with Gasteiger partial charge >= 0.3 is 41.8 Å². The van der Waals surface area contributed by atoms with E-state index in [1.807, 2.05) is 64.3 Å². The lowest BCUT2D eigenvalue weighted by Gasteiger charge is -2.11. The second-order valence-electron chi connectivity index (χ2n) is 15.1. The molecular weight excluding hydrogens is 877 g/mol. The molecule has 0 fully saturated rings. The van der Waals surface area contributed by atoms with Crippen LogP contribution in [-0.4, -0.2) is 150 Å². The van der Waals surface area contributed by atoms with E-state index in [0.717, 1.165) is 30.6 Å². The molecule has 0 amide bonds. The van der Waals surface area contributed by atoms with Crippen molar-refractivity contribution in [1.29, 1.82) is 0 Å². The molecule has 0 radical (unpaired) electrons. The van der Waals surface area contributed by atoms with Gasteiger partial charge in [0.2, 0.25) is 0 Å². The molecule has 0 saturated heterocycles. The molecule has 0 bridgehead atoms. The van der Waals surface area contributed by atoms with E-state index < -0.39 is 90.2 Å². The molecule has 0 aliphatic heterocycles. The first-order chi connectivity index (χ1) is 29.8. The van der Waals surface area contributed by atoms with Gasteiger partial charge in [-0.2, -0.15) is 11.8 Å². The average Bonchev–Trinajstić information content (AvgIpc) is 3.22. The number of hydrogen-bond donors (Lipinski definition) is 16. The van der Waals surface area contributed by atoms with Crippen LogP contribution >= 0.6 is 11.8 Å². The molecule has 1 aromatic rings. The minimum Gasteiger partial charge on any atom is -0.480 e. The fraction of sp³-hybridized carbons (Fsp3) is 0.683. The van der Waals surface area contributed by atoms with Crippen molar-refractivity contribution < 1.29 is 74.4 Å². The van der Waals surface area contributed by atoms with Crippen LogP contribution in [0.25, 0.3) is 0 Å². The lowest BCUT2D eigenvalue weighted by Crippen LogP contribution is -2.39. The Hall–Kier alpha value is -4.50. The highest BCUT2D eigenvalue weighted by Crippen LogP contribution is 2.05. The van der Waals surface area contributed by atoms with E-state index in [-0.39, 0.29) is 11.8 Å². The van der Waals surface area contributed by atoms with Gasteiger partial charge in [0.05, 0.1) is 6.10 Å². The molecule has 9 atom stereocenters. The Kier molecular flexibility index (Phi) is 49.6. The molecule has 24 heteroatoms. The van der Waals surface area contributed by atoms with Crippen molar-refractivity contribution in [2.75, 3.05) is 18.6 Å². The second kappa shape index (κ2) is 44.7. The number of carbonyl (C=O) groups is 7. The van der Waals surface area contributed by atoms with Crippen LogP contribution in [0.4, 0.5) is 0 Å². The van der Waals surface area contributed by atoms with Crippen molar-refractivity contribution >= 4 is 53.5 Å². The Morgan fingerprint density at radius 3 is 1.18 bits per heavy atom. The lowest BCUT2D eigenvalue weighted by atomic mass is 10.0. The largest absolute Gasteiger partial charge is 0.480 e. The number of aliphatic hydroxyl groups excluding tert-OH is 1. The molecule has 1 rings (SSSR count). The molecule has 9 unspecified atom stereocenters. The van der Waals surface area contributed by atoms with Crippen LogP contribution in [0.3, 0.4) is 0 Å². The number of unbranched alkanes of at least 4 members (excludes halogenated alkanes) is 1. The zero-order valence-corrected chi connectivity index (χ0v) is 39.9. The molecule has 65 heavy (non-hydrogen) atoms. The Morgan fingerprint density at radius 2 is 0.954 bits per heavy atom. The highest BCUT2D eigenvalue weighted by atomic mass is 32.2. The van der Waals surface area contributed by atoms with Crippen molar-refractivity contribution in [2.24, 2.45) is 63.6 Å². The summed E-state index contributed by atoms with van der Waals surface area (Å²) in [5.41, 5.74) is 42.5. The van der Waals surface area contributed by atoms with Gasteiger partial charge in [0.15, 0.2) is 0 Å². The third-order valence-electron chi connectivity index (χ3n) is 8.25. The molecule has 0 aromatic heterocycles. The Balaban J connectivity index is -0.000000157. The van der Waals surface area contributed by atoms with Crippen LogP contribution in [0.15, 0.2) is 30.3 Å². The monoisotopic (exact) mass is 959 g/mol. The summed E-state index contributed by atoms with van der Waals surface area (Å²) in [6.45, 7) is 13.1. The minimum absolute atomic E-state index is 0.0208. The predicted molar refractivity (Wildman–Crippen MR) is 251 cm³/mol. The zero-order valence-electron chi connectivity index (χ0n) is 39.1. The Labute approximate surface area is 387 Å². The van der Waals surface area contributed by atoms with Crippen LogP contribution in [-0.2, 0) is 40.0 Å². The van der Waals surface area contributed by atoms with Crippen molar-refractivity contribution in [1.82, 2.24) is 0 Å². The lowest BCUT2D eigenvalue weighted by molar-refractivity contribution is -0.141. The number of nitrogens with two attached hydrogens (primary N) is 8. The van der Waals surface area contributed by atoms with Gasteiger partial charge < -0.3 is 86.7 Å². The number of rotatable bonds is 22. The zero-order chi connectivity index (χ0) is 52.6. The number of aliphatic carboxylic acids is 7. The van der Waals surface area contributed by atoms with Crippen molar-refractivity contribution in [3.8, 4) is 0 Å². The van der Waals surface area contributed by atoms with Gasteiger partial charge in [-0.25, -0.2) is 0 Å². The summed E-state index contributed by atoms with van der Waals surface area (Å²) in [6, 6.07) is 3.89. The summed E-state index contributed by atoms with van der Waals surface area (Å²) in [7, 11) is 0.